The first-order valence-corrected chi connectivity index (χ1v) is 17.8. The third kappa shape index (κ3) is 10.1. The quantitative estimate of drug-likeness (QED) is 0.183. The van der Waals surface area contributed by atoms with E-state index in [0.717, 1.165) is 35.6 Å². The third-order valence-electron chi connectivity index (χ3n) is 9.42. The number of nitrogens with one attached hydrogen (secondary N) is 2. The zero-order valence-corrected chi connectivity index (χ0v) is 30.0. The summed E-state index contributed by atoms with van der Waals surface area (Å²) in [5.74, 6) is -0.133. The summed E-state index contributed by atoms with van der Waals surface area (Å²) in [5, 5.41) is 18.0. The zero-order chi connectivity index (χ0) is 36.3. The molecule has 0 aromatic heterocycles. The fourth-order valence-electron chi connectivity index (χ4n) is 6.36. The Bertz CT molecular complexity index is 1780. The molecule has 1 heterocycles. The maximum absolute atomic E-state index is 14.5. The van der Waals surface area contributed by atoms with Crippen molar-refractivity contribution in [2.45, 2.75) is 64.7 Å². The van der Waals surface area contributed by atoms with E-state index in [1.807, 2.05) is 86.6 Å². The lowest BCUT2D eigenvalue weighted by Gasteiger charge is -2.36. The molecule has 0 radical (unpaired) electrons. The molecule has 5 rings (SSSR count). The average Bonchev–Trinajstić information content (AvgIpc) is 3.13. The molecule has 10 nitrogen and oxygen atoms in total. The molecule has 4 aromatic carbocycles. The molecule has 10 heteroatoms. The molecular formula is C41H50N4O6. The van der Waals surface area contributed by atoms with Gasteiger partial charge >= 0.3 is 6.03 Å². The lowest BCUT2D eigenvalue weighted by Crippen LogP contribution is -2.48. The van der Waals surface area contributed by atoms with Gasteiger partial charge in [0.15, 0.2) is 0 Å². The Hall–Kier alpha value is -4.93. The van der Waals surface area contributed by atoms with Crippen molar-refractivity contribution in [3.63, 3.8) is 0 Å². The average molecular weight is 695 g/mol. The number of fused-ring (bicyclic) bond motifs is 2. The summed E-state index contributed by atoms with van der Waals surface area (Å²) in [5.41, 5.74) is 2.31. The van der Waals surface area contributed by atoms with Crippen molar-refractivity contribution in [3.8, 4) is 5.75 Å². The van der Waals surface area contributed by atoms with Gasteiger partial charge < -0.3 is 35.0 Å². The minimum atomic E-state index is -0.525. The molecule has 0 spiro atoms. The van der Waals surface area contributed by atoms with Gasteiger partial charge in [-0.25, -0.2) is 4.79 Å². The Morgan fingerprint density at radius 3 is 2.49 bits per heavy atom. The minimum Gasteiger partial charge on any atom is -0.490 e. The first-order chi connectivity index (χ1) is 24.6. The molecule has 0 fully saturated rings. The molecule has 1 aliphatic rings. The number of likely N-dealkylation sites (N-methyl/N-ethyl adjacent to an activating group) is 1. The molecule has 0 bridgehead atoms. The second-order valence-corrected chi connectivity index (χ2v) is 13.6. The first kappa shape index (κ1) is 37.3. The van der Waals surface area contributed by atoms with Crippen molar-refractivity contribution in [1.82, 2.24) is 9.80 Å². The van der Waals surface area contributed by atoms with Crippen LogP contribution in [0, 0.1) is 5.92 Å². The number of aliphatic hydroxyl groups is 1. The van der Waals surface area contributed by atoms with E-state index < -0.39 is 12.1 Å². The van der Waals surface area contributed by atoms with Crippen LogP contribution in [0.15, 0.2) is 91.0 Å². The van der Waals surface area contributed by atoms with E-state index in [1.165, 1.54) is 0 Å². The van der Waals surface area contributed by atoms with E-state index in [-0.39, 0.29) is 55.1 Å². The van der Waals surface area contributed by atoms with Crippen LogP contribution in [0.3, 0.4) is 0 Å². The summed E-state index contributed by atoms with van der Waals surface area (Å²) in [6.45, 7) is 6.65. The standard InChI is InChI=1S/C41H50N4O6/c1-28-25-45(29(2)27-46)40(48)35-24-33(42-41(49)43-36-19-12-17-32-16-8-9-18-34(32)36)20-21-37(35)51-30(3)13-10-11-22-50-38(28)26-44(4)39(47)23-31-14-6-5-7-15-31/h5-9,12,14-21,24,28-30,38,46H,10-11,13,22-23,25-27H2,1-4H3,(H2,42,43,49)/t28-,29+,30+,38-/m0/s1. The highest BCUT2D eigenvalue weighted by Crippen LogP contribution is 2.29. The van der Waals surface area contributed by atoms with Gasteiger partial charge in [0.2, 0.25) is 5.91 Å². The number of hydrogen-bond donors (Lipinski definition) is 3. The van der Waals surface area contributed by atoms with E-state index in [4.69, 9.17) is 9.47 Å². The molecule has 0 saturated carbocycles. The van der Waals surface area contributed by atoms with Crippen LogP contribution in [-0.4, -0.2) is 84.4 Å². The second kappa shape index (κ2) is 17.8. The smallest absolute Gasteiger partial charge is 0.323 e. The fraction of sp³-hybridized carbons (Fsp3) is 0.390. The number of ether oxygens (including phenoxy) is 2. The van der Waals surface area contributed by atoms with Crippen LogP contribution < -0.4 is 15.4 Å². The Balaban J connectivity index is 1.38. The highest BCUT2D eigenvalue weighted by molar-refractivity contribution is 6.07. The molecule has 0 unspecified atom stereocenters. The van der Waals surface area contributed by atoms with Gasteiger partial charge in [-0.3, -0.25) is 9.59 Å². The Kier molecular flexibility index (Phi) is 13.0. The molecule has 51 heavy (non-hydrogen) atoms. The summed E-state index contributed by atoms with van der Waals surface area (Å²) in [4.78, 5) is 44.2. The van der Waals surface area contributed by atoms with Crippen LogP contribution in [0.4, 0.5) is 16.2 Å². The van der Waals surface area contributed by atoms with E-state index in [0.29, 0.717) is 30.3 Å². The van der Waals surface area contributed by atoms with Gasteiger partial charge in [-0.15, -0.1) is 0 Å². The van der Waals surface area contributed by atoms with Gasteiger partial charge in [-0.05, 0) is 68.3 Å². The molecule has 3 N–H and O–H groups in total. The number of nitrogens with zero attached hydrogens (tertiary/aromatic N) is 2. The molecule has 1 aliphatic heterocycles. The number of benzene rings is 4. The monoisotopic (exact) mass is 694 g/mol. The number of aliphatic hydroxyl groups excluding tert-OH is 1. The van der Waals surface area contributed by atoms with Gasteiger partial charge in [0, 0.05) is 43.7 Å². The molecule has 4 amide bonds. The van der Waals surface area contributed by atoms with Crippen LogP contribution in [0.5, 0.6) is 5.75 Å². The molecule has 0 saturated heterocycles. The predicted molar refractivity (Wildman–Crippen MR) is 201 cm³/mol. The van der Waals surface area contributed by atoms with Gasteiger partial charge in [-0.1, -0.05) is 73.7 Å². The van der Waals surface area contributed by atoms with Gasteiger partial charge in [0.25, 0.3) is 5.91 Å². The van der Waals surface area contributed by atoms with Crippen LogP contribution in [0.25, 0.3) is 10.8 Å². The number of carbonyl (C=O) groups is 3. The molecule has 4 atom stereocenters. The van der Waals surface area contributed by atoms with Crippen LogP contribution >= 0.6 is 0 Å². The Morgan fingerprint density at radius 1 is 0.961 bits per heavy atom. The van der Waals surface area contributed by atoms with E-state index in [2.05, 4.69) is 10.6 Å². The number of urea groups is 1. The topological polar surface area (TPSA) is 120 Å². The normalized spacial score (nSPS) is 19.3. The number of amides is 4. The minimum absolute atomic E-state index is 0.0162. The first-order valence-electron chi connectivity index (χ1n) is 17.8. The molecule has 270 valence electrons. The fourth-order valence-corrected chi connectivity index (χ4v) is 6.36. The van der Waals surface area contributed by atoms with Gasteiger partial charge in [-0.2, -0.15) is 0 Å². The SMILES string of the molecule is C[C@@H]1CCCCO[C@@H](CN(C)C(=O)Cc2ccccc2)[C@@H](C)CN([C@H](C)CO)C(=O)c2cc(NC(=O)Nc3cccc4ccccc34)ccc2O1. The summed E-state index contributed by atoms with van der Waals surface area (Å²) in [6.07, 6.45) is 2.17. The molecule has 0 aliphatic carbocycles. The largest absolute Gasteiger partial charge is 0.490 e. The van der Waals surface area contributed by atoms with Crippen molar-refractivity contribution < 1.29 is 29.0 Å². The zero-order valence-electron chi connectivity index (χ0n) is 30.0. The maximum atomic E-state index is 14.5. The Morgan fingerprint density at radius 2 is 1.71 bits per heavy atom. The lowest BCUT2D eigenvalue weighted by molar-refractivity contribution is -0.131. The van der Waals surface area contributed by atoms with Crippen molar-refractivity contribution in [1.29, 1.82) is 0 Å². The number of rotatable bonds is 8. The van der Waals surface area contributed by atoms with Gasteiger partial charge in [0.05, 0.1) is 42.5 Å². The van der Waals surface area contributed by atoms with Crippen molar-refractivity contribution >= 4 is 40.0 Å². The summed E-state index contributed by atoms with van der Waals surface area (Å²) in [7, 11) is 1.78. The summed E-state index contributed by atoms with van der Waals surface area (Å²) in [6, 6.07) is 27.2. The van der Waals surface area contributed by atoms with Gasteiger partial charge in [0.1, 0.15) is 5.75 Å². The van der Waals surface area contributed by atoms with Crippen LogP contribution in [0.2, 0.25) is 0 Å². The highest BCUT2D eigenvalue weighted by atomic mass is 16.5. The molecule has 4 aromatic rings. The summed E-state index contributed by atoms with van der Waals surface area (Å²) >= 11 is 0. The van der Waals surface area contributed by atoms with Crippen molar-refractivity contribution in [2.75, 3.05) is 44.0 Å². The number of anilines is 2. The second-order valence-electron chi connectivity index (χ2n) is 13.6. The van der Waals surface area contributed by atoms with Crippen LogP contribution in [-0.2, 0) is 16.0 Å². The van der Waals surface area contributed by atoms with Crippen molar-refractivity contribution in [2.24, 2.45) is 5.92 Å². The van der Waals surface area contributed by atoms with E-state index in [9.17, 15) is 19.5 Å². The number of carbonyl (C=O) groups excluding carboxylic acids is 3. The Labute approximate surface area is 300 Å². The summed E-state index contributed by atoms with van der Waals surface area (Å²) < 4.78 is 12.7. The van der Waals surface area contributed by atoms with E-state index in [1.54, 1.807) is 42.0 Å². The number of hydrogen-bond acceptors (Lipinski definition) is 6. The van der Waals surface area contributed by atoms with Crippen LogP contribution in [0.1, 0.15) is 56.0 Å². The lowest BCUT2D eigenvalue weighted by atomic mass is 10.0. The third-order valence-corrected chi connectivity index (χ3v) is 9.42. The predicted octanol–water partition coefficient (Wildman–Crippen LogP) is 6.98. The molecular weight excluding hydrogens is 644 g/mol. The van der Waals surface area contributed by atoms with Crippen molar-refractivity contribution in [3.05, 3.63) is 102 Å². The van der Waals surface area contributed by atoms with E-state index >= 15 is 0 Å². The maximum Gasteiger partial charge on any atom is 0.323 e. The highest BCUT2D eigenvalue weighted by Gasteiger charge is 2.31.